The summed E-state index contributed by atoms with van der Waals surface area (Å²) in [6.45, 7) is 2.76. The minimum Gasteiger partial charge on any atom is -0.352 e. The highest BCUT2D eigenvalue weighted by Gasteiger charge is 2.42. The lowest BCUT2D eigenvalue weighted by atomic mass is 9.88. The predicted molar refractivity (Wildman–Crippen MR) is 72.0 cm³/mol. The van der Waals surface area contributed by atoms with Crippen molar-refractivity contribution in [2.75, 3.05) is 0 Å². The first-order valence-electron chi connectivity index (χ1n) is 7.05. The van der Waals surface area contributed by atoms with E-state index >= 15 is 0 Å². The normalized spacial score (nSPS) is 29.5. The fourth-order valence-electron chi connectivity index (χ4n) is 3.71. The van der Waals surface area contributed by atoms with E-state index in [9.17, 15) is 4.79 Å². The summed E-state index contributed by atoms with van der Waals surface area (Å²) in [4.78, 5) is 12.2. The van der Waals surface area contributed by atoms with Crippen molar-refractivity contribution in [3.05, 3.63) is 35.4 Å². The van der Waals surface area contributed by atoms with E-state index in [0.717, 1.165) is 12.3 Å². The van der Waals surface area contributed by atoms with Gasteiger partial charge < -0.3 is 5.32 Å². The molecule has 0 radical (unpaired) electrons. The van der Waals surface area contributed by atoms with E-state index in [2.05, 4.69) is 30.4 Å². The van der Waals surface area contributed by atoms with E-state index in [4.69, 9.17) is 0 Å². The van der Waals surface area contributed by atoms with Gasteiger partial charge in [-0.25, -0.2) is 0 Å². The molecule has 2 bridgehead atoms. The van der Waals surface area contributed by atoms with Crippen LogP contribution in [0.2, 0.25) is 0 Å². The number of carbonyl (C=O) groups excluding carboxylic acids is 1. The van der Waals surface area contributed by atoms with Crippen LogP contribution in [0, 0.1) is 24.7 Å². The third-order valence-electron chi connectivity index (χ3n) is 4.62. The standard InChI is InChI=1S/C16H21NO/c1-11-3-2-4-13(7-11)10-17-16(18)15-9-12-5-6-14(15)8-12/h2-4,7,12,14-15H,5-6,8-10H2,1H3,(H,17,18). The van der Waals surface area contributed by atoms with Crippen LogP contribution in [0.3, 0.4) is 0 Å². The van der Waals surface area contributed by atoms with Crippen LogP contribution in [0.1, 0.15) is 36.8 Å². The quantitative estimate of drug-likeness (QED) is 0.868. The third-order valence-corrected chi connectivity index (χ3v) is 4.62. The van der Waals surface area contributed by atoms with Crippen molar-refractivity contribution in [3.8, 4) is 0 Å². The topological polar surface area (TPSA) is 29.1 Å². The monoisotopic (exact) mass is 243 g/mol. The molecule has 96 valence electrons. The first-order valence-corrected chi connectivity index (χ1v) is 7.05. The van der Waals surface area contributed by atoms with Crippen LogP contribution < -0.4 is 5.32 Å². The lowest BCUT2D eigenvalue weighted by Crippen LogP contribution is -2.33. The van der Waals surface area contributed by atoms with Crippen LogP contribution in [0.4, 0.5) is 0 Å². The predicted octanol–water partition coefficient (Wildman–Crippen LogP) is 3.05. The zero-order chi connectivity index (χ0) is 12.5. The number of aryl methyl sites for hydroxylation is 1. The first-order chi connectivity index (χ1) is 8.72. The lowest BCUT2D eigenvalue weighted by molar-refractivity contribution is -0.126. The van der Waals surface area contributed by atoms with Gasteiger partial charge in [0, 0.05) is 12.5 Å². The van der Waals surface area contributed by atoms with Gasteiger partial charge in [-0.2, -0.15) is 0 Å². The molecule has 1 aromatic rings. The van der Waals surface area contributed by atoms with Gasteiger partial charge in [0.15, 0.2) is 0 Å². The van der Waals surface area contributed by atoms with Gasteiger partial charge in [0.25, 0.3) is 0 Å². The van der Waals surface area contributed by atoms with E-state index in [-0.39, 0.29) is 5.91 Å². The number of hydrogen-bond acceptors (Lipinski definition) is 1. The molecule has 2 aliphatic carbocycles. The highest BCUT2D eigenvalue weighted by atomic mass is 16.1. The molecule has 2 nitrogen and oxygen atoms in total. The molecule has 0 spiro atoms. The Balaban J connectivity index is 1.56. The van der Waals surface area contributed by atoms with E-state index in [0.29, 0.717) is 18.4 Å². The maximum Gasteiger partial charge on any atom is 0.223 e. The summed E-state index contributed by atoms with van der Waals surface area (Å²) < 4.78 is 0. The Kier molecular flexibility index (Phi) is 3.11. The maximum atomic E-state index is 12.2. The summed E-state index contributed by atoms with van der Waals surface area (Å²) in [7, 11) is 0. The summed E-state index contributed by atoms with van der Waals surface area (Å²) >= 11 is 0. The highest BCUT2D eigenvalue weighted by Crippen LogP contribution is 2.48. The summed E-state index contributed by atoms with van der Waals surface area (Å²) in [5, 5.41) is 3.11. The zero-order valence-corrected chi connectivity index (χ0v) is 11.0. The van der Waals surface area contributed by atoms with Crippen LogP contribution in [-0.4, -0.2) is 5.91 Å². The number of benzene rings is 1. The van der Waals surface area contributed by atoms with Crippen molar-refractivity contribution in [2.24, 2.45) is 17.8 Å². The van der Waals surface area contributed by atoms with Crippen molar-refractivity contribution < 1.29 is 4.79 Å². The van der Waals surface area contributed by atoms with Crippen LogP contribution in [0.15, 0.2) is 24.3 Å². The van der Waals surface area contributed by atoms with Gasteiger partial charge in [0.05, 0.1) is 0 Å². The van der Waals surface area contributed by atoms with E-state index in [1.165, 1.54) is 30.4 Å². The van der Waals surface area contributed by atoms with E-state index < -0.39 is 0 Å². The highest BCUT2D eigenvalue weighted by molar-refractivity contribution is 5.79. The number of carbonyl (C=O) groups is 1. The molecule has 1 amide bonds. The smallest absolute Gasteiger partial charge is 0.223 e. The van der Waals surface area contributed by atoms with E-state index in [1.807, 2.05) is 6.07 Å². The van der Waals surface area contributed by atoms with Gasteiger partial charge in [-0.05, 0) is 43.6 Å². The van der Waals surface area contributed by atoms with E-state index in [1.54, 1.807) is 0 Å². The second-order valence-electron chi connectivity index (χ2n) is 5.99. The molecule has 1 aromatic carbocycles. The fraction of sp³-hybridized carbons (Fsp3) is 0.562. The third kappa shape index (κ3) is 2.29. The number of hydrogen-bond donors (Lipinski definition) is 1. The molecule has 3 rings (SSSR count). The Hall–Kier alpha value is -1.31. The summed E-state index contributed by atoms with van der Waals surface area (Å²) in [6.07, 6.45) is 5.05. The number of rotatable bonds is 3. The minimum absolute atomic E-state index is 0.281. The van der Waals surface area contributed by atoms with Crippen molar-refractivity contribution in [1.29, 1.82) is 0 Å². The van der Waals surface area contributed by atoms with Crippen molar-refractivity contribution in [3.63, 3.8) is 0 Å². The molecule has 1 N–H and O–H groups in total. The number of nitrogens with one attached hydrogen (secondary N) is 1. The first kappa shape index (κ1) is 11.8. The largest absolute Gasteiger partial charge is 0.352 e. The Morgan fingerprint density at radius 3 is 2.89 bits per heavy atom. The molecule has 2 heteroatoms. The van der Waals surface area contributed by atoms with Gasteiger partial charge in [-0.15, -0.1) is 0 Å². The van der Waals surface area contributed by atoms with Crippen LogP contribution in [0.5, 0.6) is 0 Å². The van der Waals surface area contributed by atoms with Crippen molar-refractivity contribution in [1.82, 2.24) is 5.32 Å². The summed E-state index contributed by atoms with van der Waals surface area (Å²) in [5.41, 5.74) is 2.45. The molecule has 0 aromatic heterocycles. The van der Waals surface area contributed by atoms with Crippen molar-refractivity contribution >= 4 is 5.91 Å². The maximum absolute atomic E-state index is 12.2. The Morgan fingerprint density at radius 1 is 1.33 bits per heavy atom. The Morgan fingerprint density at radius 2 is 2.22 bits per heavy atom. The van der Waals surface area contributed by atoms with Gasteiger partial charge in [0.2, 0.25) is 5.91 Å². The Labute approximate surface area is 109 Å². The second-order valence-corrected chi connectivity index (χ2v) is 5.99. The average molecular weight is 243 g/mol. The number of amides is 1. The molecule has 2 saturated carbocycles. The average Bonchev–Trinajstić information content (AvgIpc) is 2.98. The SMILES string of the molecule is Cc1cccc(CNC(=O)C2CC3CCC2C3)c1. The molecule has 0 saturated heterocycles. The Bertz CT molecular complexity index is 454. The minimum atomic E-state index is 0.281. The van der Waals surface area contributed by atoms with Gasteiger partial charge in [-0.1, -0.05) is 36.2 Å². The fourth-order valence-corrected chi connectivity index (χ4v) is 3.71. The molecule has 3 unspecified atom stereocenters. The molecule has 0 aliphatic heterocycles. The summed E-state index contributed by atoms with van der Waals surface area (Å²) in [5.74, 6) is 2.09. The number of fused-ring (bicyclic) bond motifs is 2. The molecule has 18 heavy (non-hydrogen) atoms. The van der Waals surface area contributed by atoms with Crippen molar-refractivity contribution in [2.45, 2.75) is 39.2 Å². The molecule has 0 heterocycles. The molecule has 2 aliphatic rings. The lowest BCUT2D eigenvalue weighted by Gasteiger charge is -2.20. The zero-order valence-electron chi connectivity index (χ0n) is 11.0. The molecule has 3 atom stereocenters. The van der Waals surface area contributed by atoms with Crippen LogP contribution >= 0.6 is 0 Å². The van der Waals surface area contributed by atoms with Gasteiger partial charge >= 0.3 is 0 Å². The van der Waals surface area contributed by atoms with Gasteiger partial charge in [-0.3, -0.25) is 4.79 Å². The molecular formula is C16H21NO. The molecule has 2 fully saturated rings. The second kappa shape index (κ2) is 4.75. The van der Waals surface area contributed by atoms with Crippen LogP contribution in [-0.2, 0) is 11.3 Å². The molecular weight excluding hydrogens is 222 g/mol. The van der Waals surface area contributed by atoms with Gasteiger partial charge in [0.1, 0.15) is 0 Å². The van der Waals surface area contributed by atoms with Crippen LogP contribution in [0.25, 0.3) is 0 Å². The summed E-state index contributed by atoms with van der Waals surface area (Å²) in [6, 6.07) is 8.35.